The van der Waals surface area contributed by atoms with Crippen LogP contribution in [0.25, 0.3) is 0 Å². The third kappa shape index (κ3) is 2.20. The summed E-state index contributed by atoms with van der Waals surface area (Å²) in [5, 5.41) is 9.67. The predicted octanol–water partition coefficient (Wildman–Crippen LogP) is 1.41. The maximum atomic E-state index is 9.67. The van der Waals surface area contributed by atoms with Gasteiger partial charge in [-0.15, -0.1) is 11.8 Å². The molecule has 3 N–H and O–H groups in total. The lowest BCUT2D eigenvalue weighted by molar-refractivity contribution is 0.183. The molecule has 0 heterocycles. The lowest BCUT2D eigenvalue weighted by Crippen LogP contribution is -2.12. The third-order valence-corrected chi connectivity index (χ3v) is 2.86. The average Bonchev–Trinajstić information content (AvgIpc) is 2.26. The van der Waals surface area contributed by atoms with Crippen molar-refractivity contribution in [2.45, 2.75) is 11.0 Å². The molecule has 78 valence electrons. The molecular formula is C10H15NO2S. The van der Waals surface area contributed by atoms with Crippen molar-refractivity contribution >= 4 is 11.8 Å². The van der Waals surface area contributed by atoms with Gasteiger partial charge in [-0.2, -0.15) is 0 Å². The molecule has 0 bridgehead atoms. The summed E-state index contributed by atoms with van der Waals surface area (Å²) in [6.45, 7) is 0.223. The molecule has 0 radical (unpaired) electrons. The minimum atomic E-state index is -0.618. The van der Waals surface area contributed by atoms with Crippen molar-refractivity contribution in [2.24, 2.45) is 5.73 Å². The molecule has 0 saturated heterocycles. The van der Waals surface area contributed by atoms with E-state index in [1.807, 2.05) is 24.5 Å². The highest BCUT2D eigenvalue weighted by atomic mass is 32.2. The van der Waals surface area contributed by atoms with E-state index >= 15 is 0 Å². The molecule has 0 spiro atoms. The van der Waals surface area contributed by atoms with Crippen molar-refractivity contribution in [3.05, 3.63) is 23.8 Å². The molecule has 14 heavy (non-hydrogen) atoms. The molecule has 0 aliphatic heterocycles. The summed E-state index contributed by atoms with van der Waals surface area (Å²) >= 11 is 1.55. The highest BCUT2D eigenvalue weighted by molar-refractivity contribution is 7.98. The Morgan fingerprint density at radius 1 is 1.57 bits per heavy atom. The first-order valence-corrected chi connectivity index (χ1v) is 5.56. The van der Waals surface area contributed by atoms with E-state index in [4.69, 9.17) is 10.5 Å². The summed E-state index contributed by atoms with van der Waals surface area (Å²) in [4.78, 5) is 0.952. The van der Waals surface area contributed by atoms with E-state index in [9.17, 15) is 5.11 Å². The van der Waals surface area contributed by atoms with Crippen molar-refractivity contribution in [1.82, 2.24) is 0 Å². The largest absolute Gasteiger partial charge is 0.496 e. The predicted molar refractivity (Wildman–Crippen MR) is 58.8 cm³/mol. The maximum absolute atomic E-state index is 9.67. The Balaban J connectivity index is 3.14. The third-order valence-electron chi connectivity index (χ3n) is 2.02. The Morgan fingerprint density at radius 3 is 2.79 bits per heavy atom. The number of thioether (sulfide) groups is 1. The van der Waals surface area contributed by atoms with E-state index in [2.05, 4.69) is 0 Å². The van der Waals surface area contributed by atoms with Gasteiger partial charge < -0.3 is 15.6 Å². The Bertz CT molecular complexity index is 304. The summed E-state index contributed by atoms with van der Waals surface area (Å²) in [6.07, 6.45) is 1.33. The molecule has 0 saturated carbocycles. The second-order valence-electron chi connectivity index (χ2n) is 2.83. The lowest BCUT2D eigenvalue weighted by atomic mass is 10.1. The summed E-state index contributed by atoms with van der Waals surface area (Å²) in [5.74, 6) is 0.780. The van der Waals surface area contributed by atoms with Crippen molar-refractivity contribution in [2.75, 3.05) is 19.9 Å². The van der Waals surface area contributed by atoms with Gasteiger partial charge in [0.05, 0.1) is 18.1 Å². The summed E-state index contributed by atoms with van der Waals surface area (Å²) in [5.41, 5.74) is 6.25. The number of hydrogen-bond donors (Lipinski definition) is 2. The molecule has 4 heteroatoms. The first kappa shape index (κ1) is 11.4. The second kappa shape index (κ2) is 5.24. The van der Waals surface area contributed by atoms with Gasteiger partial charge in [0.15, 0.2) is 0 Å². The molecule has 0 amide bonds. The SMILES string of the molecule is COc1cccc(C(O)CN)c1SC. The van der Waals surface area contributed by atoms with Gasteiger partial charge in [0, 0.05) is 6.54 Å². The summed E-state index contributed by atoms with van der Waals surface area (Å²) in [6, 6.07) is 5.59. The van der Waals surface area contributed by atoms with Gasteiger partial charge in [-0.1, -0.05) is 12.1 Å². The smallest absolute Gasteiger partial charge is 0.132 e. The number of ether oxygens (including phenoxy) is 1. The Morgan fingerprint density at radius 2 is 2.29 bits per heavy atom. The topological polar surface area (TPSA) is 55.5 Å². The standard InChI is InChI=1S/C10H15NO2S/c1-13-9-5-3-4-7(8(12)6-11)10(9)14-2/h3-5,8,12H,6,11H2,1-2H3. The number of aliphatic hydroxyl groups is 1. The fourth-order valence-corrected chi connectivity index (χ4v) is 2.09. The van der Waals surface area contributed by atoms with Crippen molar-refractivity contribution in [3.8, 4) is 5.75 Å². The summed E-state index contributed by atoms with van der Waals surface area (Å²) in [7, 11) is 1.62. The van der Waals surface area contributed by atoms with Gasteiger partial charge in [-0.3, -0.25) is 0 Å². The van der Waals surface area contributed by atoms with Crippen LogP contribution in [-0.4, -0.2) is 25.0 Å². The van der Waals surface area contributed by atoms with E-state index in [1.165, 1.54) is 0 Å². The fraction of sp³-hybridized carbons (Fsp3) is 0.400. The van der Waals surface area contributed by atoms with Gasteiger partial charge in [0.1, 0.15) is 5.75 Å². The van der Waals surface area contributed by atoms with E-state index < -0.39 is 6.10 Å². The zero-order valence-corrected chi connectivity index (χ0v) is 9.17. The van der Waals surface area contributed by atoms with Gasteiger partial charge in [0.25, 0.3) is 0 Å². The van der Waals surface area contributed by atoms with E-state index in [0.29, 0.717) is 0 Å². The number of benzene rings is 1. The number of aliphatic hydroxyl groups excluding tert-OH is 1. The number of hydrogen-bond acceptors (Lipinski definition) is 4. The van der Waals surface area contributed by atoms with Gasteiger partial charge in [-0.05, 0) is 17.9 Å². The molecule has 0 fully saturated rings. The number of nitrogens with two attached hydrogens (primary N) is 1. The van der Waals surface area contributed by atoms with Crippen LogP contribution in [-0.2, 0) is 0 Å². The molecule has 1 atom stereocenters. The fourth-order valence-electron chi connectivity index (χ4n) is 1.30. The Labute approximate surface area is 88.3 Å². The molecule has 1 aromatic rings. The summed E-state index contributed by atoms with van der Waals surface area (Å²) < 4.78 is 5.20. The van der Waals surface area contributed by atoms with Gasteiger partial charge in [0.2, 0.25) is 0 Å². The highest BCUT2D eigenvalue weighted by Crippen LogP contribution is 2.33. The van der Waals surface area contributed by atoms with Crippen LogP contribution in [0.1, 0.15) is 11.7 Å². The van der Waals surface area contributed by atoms with Crippen molar-refractivity contribution in [1.29, 1.82) is 0 Å². The lowest BCUT2D eigenvalue weighted by Gasteiger charge is -2.15. The second-order valence-corrected chi connectivity index (χ2v) is 3.65. The first-order valence-electron chi connectivity index (χ1n) is 4.33. The Hall–Kier alpha value is -0.710. The molecule has 0 aromatic heterocycles. The molecule has 1 rings (SSSR count). The minimum absolute atomic E-state index is 0.223. The van der Waals surface area contributed by atoms with E-state index in [-0.39, 0.29) is 6.54 Å². The average molecular weight is 213 g/mol. The van der Waals surface area contributed by atoms with Crippen LogP contribution in [0, 0.1) is 0 Å². The molecule has 0 aliphatic carbocycles. The molecule has 1 aromatic carbocycles. The monoisotopic (exact) mass is 213 g/mol. The minimum Gasteiger partial charge on any atom is -0.496 e. The number of rotatable bonds is 4. The normalized spacial score (nSPS) is 12.6. The van der Waals surface area contributed by atoms with Crippen LogP contribution in [0.15, 0.2) is 23.1 Å². The molecule has 0 aliphatic rings. The first-order chi connectivity index (χ1) is 6.74. The molecule has 3 nitrogen and oxygen atoms in total. The maximum Gasteiger partial charge on any atom is 0.132 e. The van der Waals surface area contributed by atoms with E-state index in [1.54, 1.807) is 18.9 Å². The van der Waals surface area contributed by atoms with Gasteiger partial charge >= 0.3 is 0 Å². The molecule has 1 unspecified atom stereocenters. The van der Waals surface area contributed by atoms with Crippen LogP contribution < -0.4 is 10.5 Å². The Kier molecular flexibility index (Phi) is 4.25. The van der Waals surface area contributed by atoms with E-state index in [0.717, 1.165) is 16.2 Å². The van der Waals surface area contributed by atoms with Crippen molar-refractivity contribution < 1.29 is 9.84 Å². The van der Waals surface area contributed by atoms with Crippen LogP contribution >= 0.6 is 11.8 Å². The van der Waals surface area contributed by atoms with Crippen LogP contribution in [0.2, 0.25) is 0 Å². The van der Waals surface area contributed by atoms with Crippen LogP contribution in [0.4, 0.5) is 0 Å². The van der Waals surface area contributed by atoms with Crippen molar-refractivity contribution in [3.63, 3.8) is 0 Å². The van der Waals surface area contributed by atoms with Crippen LogP contribution in [0.5, 0.6) is 5.75 Å². The molecular weight excluding hydrogens is 198 g/mol. The zero-order chi connectivity index (χ0) is 10.6. The highest BCUT2D eigenvalue weighted by Gasteiger charge is 2.13. The number of methoxy groups -OCH3 is 1. The van der Waals surface area contributed by atoms with Crippen LogP contribution in [0.3, 0.4) is 0 Å². The van der Waals surface area contributed by atoms with Gasteiger partial charge in [-0.25, -0.2) is 0 Å². The quantitative estimate of drug-likeness (QED) is 0.742. The zero-order valence-electron chi connectivity index (χ0n) is 8.36.